The molecule has 1 aliphatic rings. The van der Waals surface area contributed by atoms with Gasteiger partial charge < -0.3 is 15.7 Å². The molecule has 1 saturated heterocycles. The van der Waals surface area contributed by atoms with Gasteiger partial charge in [0.05, 0.1) is 0 Å². The number of rotatable bonds is 4. The molecule has 0 radical (unpaired) electrons. The van der Waals surface area contributed by atoms with Crippen LogP contribution in [0.5, 0.6) is 0 Å². The van der Waals surface area contributed by atoms with Gasteiger partial charge in [-0.1, -0.05) is 26.0 Å². The maximum Gasteiger partial charge on any atom is 1.00 e. The van der Waals surface area contributed by atoms with Crippen molar-refractivity contribution in [2.24, 2.45) is 11.3 Å². The van der Waals surface area contributed by atoms with Gasteiger partial charge in [0.1, 0.15) is 5.41 Å². The Morgan fingerprint density at radius 2 is 1.83 bits per heavy atom. The van der Waals surface area contributed by atoms with Crippen LogP contribution in [0, 0.1) is 11.3 Å². The van der Waals surface area contributed by atoms with Gasteiger partial charge in [-0.15, -0.1) is 0 Å². The van der Waals surface area contributed by atoms with E-state index in [4.69, 9.17) is 0 Å². The maximum absolute atomic E-state index is 12.0. The van der Waals surface area contributed by atoms with E-state index in [0.29, 0.717) is 12.8 Å². The Morgan fingerprint density at radius 1 is 1.33 bits per heavy atom. The average molecular weight is 262 g/mol. The number of carbonyl (C=O) groups excluding carboxylic acids is 2. The van der Waals surface area contributed by atoms with Crippen molar-refractivity contribution in [1.29, 1.82) is 0 Å². The largest absolute Gasteiger partial charge is 1.00 e. The molecule has 0 aromatic heterocycles. The Hall–Kier alpha value is -0.360. The van der Waals surface area contributed by atoms with E-state index in [1.807, 2.05) is 20.8 Å². The van der Waals surface area contributed by atoms with Crippen LogP contribution in [0.25, 0.3) is 0 Å². The quantitative estimate of drug-likeness (QED) is 0.319. The Labute approximate surface area is 130 Å². The molecule has 1 rings (SSSR count). The SMILES string of the molecule is C/C=C/CC1(CC(C)C)C(=O)NC([O-])NC1=O.[Na+]. The minimum Gasteiger partial charge on any atom is -0.820 e. The number of carbonyl (C=O) groups is 2. The molecule has 1 fully saturated rings. The van der Waals surface area contributed by atoms with Crippen molar-refractivity contribution < 1.29 is 44.3 Å². The summed E-state index contributed by atoms with van der Waals surface area (Å²) in [5.41, 5.74) is -1.14. The molecule has 18 heavy (non-hydrogen) atoms. The summed E-state index contributed by atoms with van der Waals surface area (Å²) >= 11 is 0. The summed E-state index contributed by atoms with van der Waals surface area (Å²) in [6.45, 7) is 5.72. The summed E-state index contributed by atoms with van der Waals surface area (Å²) < 4.78 is 0. The maximum atomic E-state index is 12.0. The van der Waals surface area contributed by atoms with Crippen LogP contribution in [-0.2, 0) is 9.59 Å². The van der Waals surface area contributed by atoms with Gasteiger partial charge in [-0.3, -0.25) is 9.59 Å². The Balaban J connectivity index is 0.00000289. The van der Waals surface area contributed by atoms with E-state index in [1.165, 1.54) is 0 Å². The summed E-state index contributed by atoms with van der Waals surface area (Å²) in [6.07, 6.45) is 2.81. The third-order valence-corrected chi connectivity index (χ3v) is 2.85. The first-order valence-electron chi connectivity index (χ1n) is 5.81. The first kappa shape index (κ1) is 17.6. The van der Waals surface area contributed by atoms with Gasteiger partial charge in [0.15, 0.2) is 0 Å². The van der Waals surface area contributed by atoms with Crippen molar-refractivity contribution in [2.75, 3.05) is 0 Å². The number of nitrogens with one attached hydrogen (secondary N) is 2. The second-order valence-corrected chi connectivity index (χ2v) is 4.78. The molecule has 1 aliphatic heterocycles. The molecular weight excluding hydrogens is 243 g/mol. The molecule has 0 spiro atoms. The topological polar surface area (TPSA) is 81.3 Å². The van der Waals surface area contributed by atoms with Crippen LogP contribution < -0.4 is 45.3 Å². The molecule has 2 amide bonds. The smallest absolute Gasteiger partial charge is 0.820 e. The first-order chi connectivity index (χ1) is 7.92. The van der Waals surface area contributed by atoms with Crippen molar-refractivity contribution >= 4 is 11.8 Å². The monoisotopic (exact) mass is 262 g/mol. The van der Waals surface area contributed by atoms with Crippen LogP contribution >= 0.6 is 0 Å². The van der Waals surface area contributed by atoms with Crippen molar-refractivity contribution in [3.63, 3.8) is 0 Å². The molecule has 0 aliphatic carbocycles. The van der Waals surface area contributed by atoms with Crippen molar-refractivity contribution in [1.82, 2.24) is 10.6 Å². The zero-order valence-electron chi connectivity index (χ0n) is 11.4. The van der Waals surface area contributed by atoms with Gasteiger partial charge in [0.2, 0.25) is 11.8 Å². The van der Waals surface area contributed by atoms with E-state index >= 15 is 0 Å². The van der Waals surface area contributed by atoms with E-state index < -0.39 is 23.6 Å². The van der Waals surface area contributed by atoms with Crippen LogP contribution in [0.4, 0.5) is 0 Å². The molecular formula is C12H19N2NaO3. The second kappa shape index (κ2) is 7.28. The van der Waals surface area contributed by atoms with Crippen LogP contribution in [0.1, 0.15) is 33.6 Å². The van der Waals surface area contributed by atoms with Gasteiger partial charge in [-0.25, -0.2) is 0 Å². The van der Waals surface area contributed by atoms with E-state index in [9.17, 15) is 14.7 Å². The van der Waals surface area contributed by atoms with Crippen LogP contribution in [0.2, 0.25) is 0 Å². The number of allylic oxidation sites excluding steroid dienone is 2. The normalized spacial score (nSPS) is 27.9. The summed E-state index contributed by atoms with van der Waals surface area (Å²) in [4.78, 5) is 23.9. The first-order valence-corrected chi connectivity index (χ1v) is 5.81. The molecule has 96 valence electrons. The molecule has 0 saturated carbocycles. The van der Waals surface area contributed by atoms with Crippen molar-refractivity contribution in [3.8, 4) is 0 Å². The minimum atomic E-state index is -1.53. The van der Waals surface area contributed by atoms with Crippen molar-refractivity contribution in [3.05, 3.63) is 12.2 Å². The standard InChI is InChI=1S/C12H19N2O3.Na/c1-4-5-6-12(7-8(2)3)9(15)13-11(17)14-10(12)16;/h4-5,8,11H,6-7H2,1-3H3,(H,13,15)(H,14,16);/q-1;+1/b5-4+;. The van der Waals surface area contributed by atoms with Gasteiger partial charge in [-0.2, -0.15) is 0 Å². The fourth-order valence-electron chi connectivity index (χ4n) is 2.12. The van der Waals surface area contributed by atoms with Gasteiger partial charge in [-0.05, 0) is 25.7 Å². The third-order valence-electron chi connectivity index (χ3n) is 2.85. The summed E-state index contributed by atoms with van der Waals surface area (Å²) in [7, 11) is 0. The zero-order chi connectivity index (χ0) is 13.1. The van der Waals surface area contributed by atoms with E-state index in [1.54, 1.807) is 12.2 Å². The van der Waals surface area contributed by atoms with Crippen molar-refractivity contribution in [2.45, 2.75) is 40.0 Å². The molecule has 1 heterocycles. The fraction of sp³-hybridized carbons (Fsp3) is 0.667. The van der Waals surface area contributed by atoms with E-state index in [0.717, 1.165) is 0 Å². The Kier molecular flexibility index (Phi) is 7.14. The summed E-state index contributed by atoms with van der Waals surface area (Å²) in [5, 5.41) is 15.6. The summed E-state index contributed by atoms with van der Waals surface area (Å²) in [6, 6.07) is 0. The minimum absolute atomic E-state index is 0. The van der Waals surface area contributed by atoms with Gasteiger partial charge in [0.25, 0.3) is 0 Å². The molecule has 6 heteroatoms. The fourth-order valence-corrected chi connectivity index (χ4v) is 2.12. The second-order valence-electron chi connectivity index (χ2n) is 4.78. The molecule has 0 aromatic carbocycles. The zero-order valence-corrected chi connectivity index (χ0v) is 13.4. The molecule has 0 unspecified atom stereocenters. The molecule has 5 nitrogen and oxygen atoms in total. The molecule has 0 bridgehead atoms. The predicted octanol–water partition coefficient (Wildman–Crippen LogP) is -3.12. The molecule has 2 N–H and O–H groups in total. The Bertz CT molecular complexity index is 324. The Morgan fingerprint density at radius 3 is 2.22 bits per heavy atom. The van der Waals surface area contributed by atoms with Crippen LogP contribution in [0.3, 0.4) is 0 Å². The summed E-state index contributed by atoms with van der Waals surface area (Å²) in [5.74, 6) is -0.735. The molecule has 0 atom stereocenters. The average Bonchev–Trinajstić information content (AvgIpc) is 2.21. The van der Waals surface area contributed by atoms with E-state index in [-0.39, 0.29) is 35.5 Å². The van der Waals surface area contributed by atoms with Gasteiger partial charge in [0, 0.05) is 6.35 Å². The van der Waals surface area contributed by atoms with Crippen LogP contribution in [-0.4, -0.2) is 18.2 Å². The van der Waals surface area contributed by atoms with Crippen LogP contribution in [0.15, 0.2) is 12.2 Å². The predicted molar refractivity (Wildman–Crippen MR) is 61.4 cm³/mol. The molecule has 0 aromatic rings. The number of amides is 2. The van der Waals surface area contributed by atoms with Gasteiger partial charge >= 0.3 is 29.6 Å². The number of hydrogen-bond acceptors (Lipinski definition) is 3. The number of hydrogen-bond donors (Lipinski definition) is 2. The van der Waals surface area contributed by atoms with E-state index in [2.05, 4.69) is 10.6 Å². The third kappa shape index (κ3) is 3.82.